The van der Waals surface area contributed by atoms with Crippen LogP contribution in [0.4, 0.5) is 0 Å². The van der Waals surface area contributed by atoms with Crippen LogP contribution in [0, 0.1) is 0 Å². The molecule has 1 aliphatic rings. The fourth-order valence-electron chi connectivity index (χ4n) is 4.76. The summed E-state index contributed by atoms with van der Waals surface area (Å²) in [5.41, 5.74) is 3.75. The van der Waals surface area contributed by atoms with E-state index >= 15 is 0 Å². The van der Waals surface area contributed by atoms with E-state index in [1.165, 1.54) is 43.1 Å². The summed E-state index contributed by atoms with van der Waals surface area (Å²) in [4.78, 5) is 4.92. The molecule has 0 fully saturated rings. The van der Waals surface area contributed by atoms with Crippen molar-refractivity contribution in [2.45, 2.75) is 13.1 Å². The van der Waals surface area contributed by atoms with Gasteiger partial charge in [-0.15, -0.1) is 0 Å². The highest BCUT2D eigenvalue weighted by Crippen LogP contribution is 2.37. The average molecular weight is 350 g/mol. The number of hydrogen-bond donors (Lipinski definition) is 0. The van der Waals surface area contributed by atoms with Gasteiger partial charge in [-0.3, -0.25) is 4.57 Å². The van der Waals surface area contributed by atoms with Crippen molar-refractivity contribution in [1.82, 2.24) is 9.55 Å². The number of pyridine rings is 1. The van der Waals surface area contributed by atoms with Crippen molar-refractivity contribution in [3.8, 4) is 5.69 Å². The molecule has 0 unspecified atom stereocenters. The summed E-state index contributed by atoms with van der Waals surface area (Å²) < 4.78 is 2.40. The molecule has 26 heavy (non-hydrogen) atoms. The fraction of sp³-hybridized carbons (Fsp3) is 0.0870. The zero-order chi connectivity index (χ0) is 17.5. The van der Waals surface area contributed by atoms with Gasteiger partial charge in [-0.25, -0.2) is 4.98 Å². The summed E-state index contributed by atoms with van der Waals surface area (Å²) in [6, 6.07) is 24.3. The number of fused-ring (bicyclic) bond motifs is 7. The third-order valence-electron chi connectivity index (χ3n) is 6.01. The van der Waals surface area contributed by atoms with E-state index in [0.29, 0.717) is 0 Å². The molecule has 0 spiro atoms. The standard InChI is InChI=1S/C23H18N2Si/c1-26(2)19-12-6-5-11-18(19)25-22-17(10-7-13-20(22)26)21-16-9-4-3-8-15(16)14-24-23(21)25/h3-14H,1-2H3. The predicted molar refractivity (Wildman–Crippen MR) is 113 cm³/mol. The van der Waals surface area contributed by atoms with Gasteiger partial charge in [0.25, 0.3) is 0 Å². The van der Waals surface area contributed by atoms with E-state index in [2.05, 4.69) is 84.4 Å². The molecular formula is C23H18N2Si. The maximum Gasteiger partial charge on any atom is 0.146 e. The Morgan fingerprint density at radius 2 is 1.50 bits per heavy atom. The lowest BCUT2D eigenvalue weighted by Gasteiger charge is -2.32. The van der Waals surface area contributed by atoms with Crippen LogP contribution in [0.15, 0.2) is 72.9 Å². The summed E-state index contributed by atoms with van der Waals surface area (Å²) in [5, 5.41) is 8.10. The number of nitrogens with zero attached hydrogens (tertiary/aromatic N) is 2. The van der Waals surface area contributed by atoms with Crippen LogP contribution in [-0.2, 0) is 0 Å². The largest absolute Gasteiger partial charge is 0.294 e. The van der Waals surface area contributed by atoms with Crippen molar-refractivity contribution in [2.24, 2.45) is 0 Å². The molecule has 0 N–H and O–H groups in total. The highest BCUT2D eigenvalue weighted by molar-refractivity contribution is 7.02. The molecule has 1 aliphatic heterocycles. The first-order chi connectivity index (χ1) is 12.7. The van der Waals surface area contributed by atoms with Gasteiger partial charge in [0.15, 0.2) is 0 Å². The Kier molecular flexibility index (Phi) is 2.54. The normalized spacial score (nSPS) is 14.8. The second kappa shape index (κ2) is 4.62. The average Bonchev–Trinajstić information content (AvgIpc) is 3.02. The van der Waals surface area contributed by atoms with E-state index in [4.69, 9.17) is 4.98 Å². The maximum absolute atomic E-state index is 4.92. The first-order valence-corrected chi connectivity index (χ1v) is 12.1. The third-order valence-corrected chi connectivity index (χ3v) is 9.53. The first kappa shape index (κ1) is 14.3. The van der Waals surface area contributed by atoms with E-state index in [-0.39, 0.29) is 0 Å². The lowest BCUT2D eigenvalue weighted by atomic mass is 10.1. The zero-order valence-electron chi connectivity index (χ0n) is 14.8. The minimum absolute atomic E-state index is 1.07. The predicted octanol–water partition coefficient (Wildman–Crippen LogP) is 4.47. The number of aromatic nitrogens is 2. The summed E-state index contributed by atoms with van der Waals surface area (Å²) in [6.45, 7) is 4.93. The molecule has 0 aliphatic carbocycles. The Morgan fingerprint density at radius 3 is 2.42 bits per heavy atom. The van der Waals surface area contributed by atoms with E-state index in [9.17, 15) is 0 Å². The highest BCUT2D eigenvalue weighted by atomic mass is 28.3. The molecular weight excluding hydrogens is 332 g/mol. The molecule has 0 saturated heterocycles. The Hall–Kier alpha value is -2.91. The van der Waals surface area contributed by atoms with Gasteiger partial charge in [-0.2, -0.15) is 0 Å². The molecule has 2 aromatic heterocycles. The Labute approximate surface area is 152 Å². The molecule has 3 heterocycles. The van der Waals surface area contributed by atoms with Crippen LogP contribution in [0.2, 0.25) is 13.1 Å². The van der Waals surface area contributed by atoms with Crippen LogP contribution >= 0.6 is 0 Å². The van der Waals surface area contributed by atoms with Crippen LogP contribution in [0.3, 0.4) is 0 Å². The van der Waals surface area contributed by atoms with E-state index < -0.39 is 8.07 Å². The van der Waals surface area contributed by atoms with Gasteiger partial charge in [-0.05, 0) is 21.8 Å². The Balaban J connectivity index is 1.97. The van der Waals surface area contributed by atoms with Crippen molar-refractivity contribution in [1.29, 1.82) is 0 Å². The minimum Gasteiger partial charge on any atom is -0.294 e. The van der Waals surface area contributed by atoms with E-state index in [1.54, 1.807) is 0 Å². The van der Waals surface area contributed by atoms with Crippen LogP contribution < -0.4 is 10.4 Å². The van der Waals surface area contributed by atoms with Gasteiger partial charge in [0.1, 0.15) is 13.7 Å². The SMILES string of the molecule is C[Si]1(C)c2ccccc2-n2c3ncc4ccccc4c3c3cccc1c32. The summed E-state index contributed by atoms with van der Waals surface area (Å²) in [7, 11) is -1.74. The van der Waals surface area contributed by atoms with Gasteiger partial charge in [0.2, 0.25) is 0 Å². The lowest BCUT2D eigenvalue weighted by Crippen LogP contribution is -2.57. The van der Waals surface area contributed by atoms with Gasteiger partial charge in [0.05, 0.1) is 5.52 Å². The summed E-state index contributed by atoms with van der Waals surface area (Å²) in [5.74, 6) is 0. The van der Waals surface area contributed by atoms with Crippen molar-refractivity contribution in [3.63, 3.8) is 0 Å². The van der Waals surface area contributed by atoms with Crippen molar-refractivity contribution >= 4 is 51.2 Å². The van der Waals surface area contributed by atoms with Crippen LogP contribution in [0.25, 0.3) is 38.4 Å². The number of benzene rings is 3. The van der Waals surface area contributed by atoms with Gasteiger partial charge in [-0.1, -0.05) is 73.8 Å². The quantitative estimate of drug-likeness (QED) is 0.377. The molecule has 124 valence electrons. The minimum atomic E-state index is -1.74. The third kappa shape index (κ3) is 1.55. The Morgan fingerprint density at radius 1 is 0.769 bits per heavy atom. The number of hydrogen-bond acceptors (Lipinski definition) is 1. The van der Waals surface area contributed by atoms with Gasteiger partial charge >= 0.3 is 0 Å². The smallest absolute Gasteiger partial charge is 0.146 e. The molecule has 5 aromatic rings. The van der Waals surface area contributed by atoms with Crippen LogP contribution in [0.5, 0.6) is 0 Å². The molecule has 0 saturated carbocycles. The molecule has 6 rings (SSSR count). The second-order valence-electron chi connectivity index (χ2n) is 7.72. The summed E-state index contributed by atoms with van der Waals surface area (Å²) in [6.07, 6.45) is 2.01. The zero-order valence-corrected chi connectivity index (χ0v) is 15.8. The molecule has 2 nitrogen and oxygen atoms in total. The van der Waals surface area contributed by atoms with Crippen molar-refractivity contribution in [2.75, 3.05) is 0 Å². The molecule has 0 amide bonds. The lowest BCUT2D eigenvalue weighted by molar-refractivity contribution is 1.14. The van der Waals surface area contributed by atoms with Crippen molar-refractivity contribution in [3.05, 3.63) is 72.9 Å². The first-order valence-electron chi connectivity index (χ1n) is 9.09. The van der Waals surface area contributed by atoms with E-state index in [0.717, 1.165) is 5.65 Å². The molecule has 3 aromatic carbocycles. The molecule has 3 heteroatoms. The highest BCUT2D eigenvalue weighted by Gasteiger charge is 2.36. The van der Waals surface area contributed by atoms with Crippen LogP contribution in [-0.4, -0.2) is 17.6 Å². The molecule has 0 atom stereocenters. The number of para-hydroxylation sites is 2. The van der Waals surface area contributed by atoms with E-state index in [1.807, 2.05) is 6.20 Å². The topological polar surface area (TPSA) is 17.8 Å². The van der Waals surface area contributed by atoms with Crippen molar-refractivity contribution < 1.29 is 0 Å². The van der Waals surface area contributed by atoms with Gasteiger partial charge in [0, 0.05) is 28.0 Å². The summed E-state index contributed by atoms with van der Waals surface area (Å²) >= 11 is 0. The molecule has 0 radical (unpaired) electrons. The van der Waals surface area contributed by atoms with Gasteiger partial charge < -0.3 is 0 Å². The second-order valence-corrected chi connectivity index (χ2v) is 12.1. The van der Waals surface area contributed by atoms with Crippen LogP contribution in [0.1, 0.15) is 0 Å². The number of rotatable bonds is 0. The Bertz CT molecular complexity index is 1360. The fourth-order valence-corrected chi connectivity index (χ4v) is 7.75. The monoisotopic (exact) mass is 350 g/mol. The molecule has 0 bridgehead atoms. The maximum atomic E-state index is 4.92.